The molecule has 2 amide bonds. The maximum Gasteiger partial charge on any atom is 0.414 e. The first-order valence-electron chi connectivity index (χ1n) is 9.98. The van der Waals surface area contributed by atoms with Crippen molar-refractivity contribution < 1.29 is 14.3 Å². The SMILES string of the molecule is O=C(c1ccc(N2CCOC2=O)cc1)N1CCN(CC=Cc2ccccc2)CC1. The number of anilines is 1. The van der Waals surface area contributed by atoms with Gasteiger partial charge in [0.25, 0.3) is 5.91 Å². The Labute approximate surface area is 171 Å². The maximum atomic E-state index is 12.8. The molecule has 0 aliphatic carbocycles. The second-order valence-corrected chi connectivity index (χ2v) is 7.22. The number of carbonyl (C=O) groups excluding carboxylic acids is 2. The highest BCUT2D eigenvalue weighted by Gasteiger charge is 2.25. The van der Waals surface area contributed by atoms with Gasteiger partial charge in [-0.1, -0.05) is 42.5 Å². The topological polar surface area (TPSA) is 53.1 Å². The van der Waals surface area contributed by atoms with E-state index in [1.54, 1.807) is 17.0 Å². The Kier molecular flexibility index (Phi) is 5.91. The molecule has 0 aromatic heterocycles. The van der Waals surface area contributed by atoms with Gasteiger partial charge in [-0.2, -0.15) is 0 Å². The van der Waals surface area contributed by atoms with Crippen LogP contribution in [0.4, 0.5) is 10.5 Å². The van der Waals surface area contributed by atoms with Crippen molar-refractivity contribution in [2.24, 2.45) is 0 Å². The van der Waals surface area contributed by atoms with Crippen molar-refractivity contribution in [2.45, 2.75) is 0 Å². The fraction of sp³-hybridized carbons (Fsp3) is 0.304. The van der Waals surface area contributed by atoms with Crippen molar-refractivity contribution in [2.75, 3.05) is 50.8 Å². The highest BCUT2D eigenvalue weighted by atomic mass is 16.6. The third-order valence-electron chi connectivity index (χ3n) is 5.32. The van der Waals surface area contributed by atoms with Crippen LogP contribution in [0, 0.1) is 0 Å². The monoisotopic (exact) mass is 391 g/mol. The van der Waals surface area contributed by atoms with Crippen LogP contribution in [0.15, 0.2) is 60.7 Å². The summed E-state index contributed by atoms with van der Waals surface area (Å²) >= 11 is 0. The number of amides is 2. The Bertz CT molecular complexity index is 872. The van der Waals surface area contributed by atoms with Gasteiger partial charge in [0, 0.05) is 44.0 Å². The van der Waals surface area contributed by atoms with E-state index < -0.39 is 0 Å². The molecule has 0 atom stereocenters. The van der Waals surface area contributed by atoms with E-state index in [0.29, 0.717) is 18.7 Å². The quantitative estimate of drug-likeness (QED) is 0.786. The summed E-state index contributed by atoms with van der Waals surface area (Å²) in [4.78, 5) is 30.3. The van der Waals surface area contributed by atoms with Crippen molar-refractivity contribution in [3.63, 3.8) is 0 Å². The van der Waals surface area contributed by atoms with Crippen LogP contribution in [0.1, 0.15) is 15.9 Å². The second-order valence-electron chi connectivity index (χ2n) is 7.22. The standard InChI is InChI=1S/C23H25N3O3/c27-22(20-8-10-21(11-9-20)26-17-18-29-23(26)28)25-15-13-24(14-16-25)12-4-7-19-5-2-1-3-6-19/h1-11H,12-18H2. The summed E-state index contributed by atoms with van der Waals surface area (Å²) in [6.45, 7) is 5.01. The van der Waals surface area contributed by atoms with E-state index in [9.17, 15) is 9.59 Å². The molecule has 6 heteroatoms. The number of hydrogen-bond acceptors (Lipinski definition) is 4. The molecule has 2 aromatic rings. The fourth-order valence-corrected chi connectivity index (χ4v) is 3.63. The van der Waals surface area contributed by atoms with Gasteiger partial charge in [0.15, 0.2) is 0 Å². The first kappa shape index (κ1) is 19.2. The first-order chi connectivity index (χ1) is 14.2. The molecule has 0 radical (unpaired) electrons. The average molecular weight is 391 g/mol. The van der Waals surface area contributed by atoms with Gasteiger partial charge < -0.3 is 9.64 Å². The van der Waals surface area contributed by atoms with Crippen LogP contribution in [0.25, 0.3) is 6.08 Å². The van der Waals surface area contributed by atoms with E-state index in [1.165, 1.54) is 5.56 Å². The van der Waals surface area contributed by atoms with Crippen molar-refractivity contribution >= 4 is 23.8 Å². The third kappa shape index (κ3) is 4.66. The van der Waals surface area contributed by atoms with E-state index >= 15 is 0 Å². The van der Waals surface area contributed by atoms with Crippen LogP contribution in [0.5, 0.6) is 0 Å². The largest absolute Gasteiger partial charge is 0.447 e. The molecule has 2 aliphatic heterocycles. The van der Waals surface area contributed by atoms with Gasteiger partial charge in [-0.3, -0.25) is 14.6 Å². The molecule has 0 unspecified atom stereocenters. The molecule has 6 nitrogen and oxygen atoms in total. The number of cyclic esters (lactones) is 1. The van der Waals surface area contributed by atoms with Crippen LogP contribution in [0.3, 0.4) is 0 Å². The van der Waals surface area contributed by atoms with E-state index in [0.717, 1.165) is 38.4 Å². The lowest BCUT2D eigenvalue weighted by Crippen LogP contribution is -2.48. The van der Waals surface area contributed by atoms with E-state index in [1.807, 2.05) is 35.2 Å². The molecule has 0 saturated carbocycles. The van der Waals surface area contributed by atoms with Crippen LogP contribution >= 0.6 is 0 Å². The molecule has 2 aliphatic rings. The molecular weight excluding hydrogens is 366 g/mol. The molecule has 2 heterocycles. The van der Waals surface area contributed by atoms with Gasteiger partial charge in [-0.25, -0.2) is 4.79 Å². The smallest absolute Gasteiger partial charge is 0.414 e. The van der Waals surface area contributed by atoms with Crippen LogP contribution in [-0.4, -0.2) is 67.7 Å². The Morgan fingerprint density at radius 2 is 1.66 bits per heavy atom. The Morgan fingerprint density at radius 1 is 0.931 bits per heavy atom. The summed E-state index contributed by atoms with van der Waals surface area (Å²) in [5, 5.41) is 0. The van der Waals surface area contributed by atoms with Gasteiger partial charge >= 0.3 is 6.09 Å². The number of nitrogens with zero attached hydrogens (tertiary/aromatic N) is 3. The highest BCUT2D eigenvalue weighted by molar-refractivity contribution is 5.95. The fourth-order valence-electron chi connectivity index (χ4n) is 3.63. The minimum Gasteiger partial charge on any atom is -0.447 e. The number of carbonyl (C=O) groups is 2. The van der Waals surface area contributed by atoms with E-state index in [4.69, 9.17) is 4.74 Å². The average Bonchev–Trinajstić information content (AvgIpc) is 3.20. The van der Waals surface area contributed by atoms with E-state index in [2.05, 4.69) is 29.2 Å². The predicted octanol–water partition coefficient (Wildman–Crippen LogP) is 3.11. The van der Waals surface area contributed by atoms with Gasteiger partial charge in [-0.15, -0.1) is 0 Å². The number of hydrogen-bond donors (Lipinski definition) is 0. The summed E-state index contributed by atoms with van der Waals surface area (Å²) in [5.41, 5.74) is 2.62. The summed E-state index contributed by atoms with van der Waals surface area (Å²) < 4.78 is 4.96. The zero-order chi connectivity index (χ0) is 20.1. The molecule has 2 saturated heterocycles. The molecule has 150 valence electrons. The lowest BCUT2D eigenvalue weighted by atomic mass is 10.1. The zero-order valence-corrected chi connectivity index (χ0v) is 16.4. The number of ether oxygens (including phenoxy) is 1. The van der Waals surface area contributed by atoms with Gasteiger partial charge in [-0.05, 0) is 29.8 Å². The van der Waals surface area contributed by atoms with Gasteiger partial charge in [0.1, 0.15) is 6.61 Å². The van der Waals surface area contributed by atoms with Crippen LogP contribution < -0.4 is 4.90 Å². The minimum atomic E-state index is -0.332. The normalized spacial score (nSPS) is 17.7. The van der Waals surface area contributed by atoms with Crippen LogP contribution in [0.2, 0.25) is 0 Å². The van der Waals surface area contributed by atoms with Gasteiger partial charge in [0.05, 0.1) is 6.54 Å². The first-order valence-corrected chi connectivity index (χ1v) is 9.98. The van der Waals surface area contributed by atoms with Crippen molar-refractivity contribution in [3.05, 3.63) is 71.8 Å². The molecule has 2 aromatic carbocycles. The zero-order valence-electron chi connectivity index (χ0n) is 16.4. The number of piperazine rings is 1. The Morgan fingerprint density at radius 3 is 2.31 bits per heavy atom. The number of rotatable bonds is 5. The molecule has 2 fully saturated rings. The molecule has 0 spiro atoms. The molecule has 29 heavy (non-hydrogen) atoms. The predicted molar refractivity (Wildman–Crippen MR) is 113 cm³/mol. The second kappa shape index (κ2) is 8.92. The van der Waals surface area contributed by atoms with Gasteiger partial charge in [0.2, 0.25) is 0 Å². The summed E-state index contributed by atoms with van der Waals surface area (Å²) in [6, 6.07) is 17.5. The number of benzene rings is 2. The Hall–Kier alpha value is -3.12. The van der Waals surface area contributed by atoms with Crippen LogP contribution in [-0.2, 0) is 4.74 Å². The summed E-state index contributed by atoms with van der Waals surface area (Å²) in [5.74, 6) is 0.0417. The molecular formula is C23H25N3O3. The summed E-state index contributed by atoms with van der Waals surface area (Å²) in [7, 11) is 0. The van der Waals surface area contributed by atoms with E-state index in [-0.39, 0.29) is 12.0 Å². The molecule has 4 rings (SSSR count). The van der Waals surface area contributed by atoms with Crippen molar-refractivity contribution in [1.29, 1.82) is 0 Å². The van der Waals surface area contributed by atoms with Crippen molar-refractivity contribution in [3.8, 4) is 0 Å². The minimum absolute atomic E-state index is 0.0417. The summed E-state index contributed by atoms with van der Waals surface area (Å²) in [6.07, 6.45) is 3.98. The van der Waals surface area contributed by atoms with Crippen molar-refractivity contribution in [1.82, 2.24) is 9.80 Å². The molecule has 0 N–H and O–H groups in total. The molecule has 0 bridgehead atoms. The maximum absolute atomic E-state index is 12.8. The highest BCUT2D eigenvalue weighted by Crippen LogP contribution is 2.20. The lowest BCUT2D eigenvalue weighted by Gasteiger charge is -2.34. The third-order valence-corrected chi connectivity index (χ3v) is 5.32. The lowest BCUT2D eigenvalue weighted by molar-refractivity contribution is 0.0650. The Balaban J connectivity index is 1.27.